The Morgan fingerprint density at radius 1 is 1.45 bits per heavy atom. The minimum atomic E-state index is 0.200. The minimum Gasteiger partial charge on any atom is -0.384 e. The van der Waals surface area contributed by atoms with E-state index in [0.29, 0.717) is 5.92 Å². The average molecular weight is 289 g/mol. The van der Waals surface area contributed by atoms with Gasteiger partial charge in [-0.1, -0.05) is 0 Å². The molecule has 2 aromatic heterocycles. The summed E-state index contributed by atoms with van der Waals surface area (Å²) in [4.78, 5) is 17.6. The lowest BCUT2D eigenvalue weighted by Crippen LogP contribution is -2.38. The third-order valence-corrected chi connectivity index (χ3v) is 4.92. The highest BCUT2D eigenvalue weighted by molar-refractivity contribution is 7.17. The molecule has 5 heteroatoms. The van der Waals surface area contributed by atoms with Crippen molar-refractivity contribution in [3.8, 4) is 0 Å². The fourth-order valence-electron chi connectivity index (χ4n) is 2.72. The van der Waals surface area contributed by atoms with E-state index >= 15 is 0 Å². The summed E-state index contributed by atoms with van der Waals surface area (Å²) < 4.78 is 1.23. The summed E-state index contributed by atoms with van der Waals surface area (Å²) in [6, 6.07) is 4.10. The van der Waals surface area contributed by atoms with Crippen molar-refractivity contribution in [2.24, 2.45) is 5.92 Å². The number of nitrogens with one attached hydrogen (secondary N) is 1. The number of carbonyl (C=O) groups is 1. The quantitative estimate of drug-likeness (QED) is 0.945. The summed E-state index contributed by atoms with van der Waals surface area (Å²) in [5.74, 6) is 0.847. The van der Waals surface area contributed by atoms with Crippen LogP contribution in [0.3, 0.4) is 0 Å². The Bertz CT molecular complexity index is 602. The zero-order valence-corrected chi connectivity index (χ0v) is 12.4. The molecule has 0 spiro atoms. The van der Waals surface area contributed by atoms with Crippen molar-refractivity contribution in [2.45, 2.75) is 19.8 Å². The standard InChI is InChI=1S/C15H19N3OS/c1-11(19)18-7-3-12(4-8-18)10-17-13-2-6-16-14-5-9-20-15(13)14/h2,5-6,9,12H,3-4,7-8,10H2,1H3,(H,16,17). The first-order valence-electron chi connectivity index (χ1n) is 7.05. The summed E-state index contributed by atoms with van der Waals surface area (Å²) in [6.07, 6.45) is 4.03. The smallest absolute Gasteiger partial charge is 0.219 e. The van der Waals surface area contributed by atoms with Crippen LogP contribution in [-0.2, 0) is 4.79 Å². The molecule has 20 heavy (non-hydrogen) atoms. The Balaban J connectivity index is 1.58. The first-order chi connectivity index (χ1) is 9.74. The minimum absolute atomic E-state index is 0.200. The Hall–Kier alpha value is -1.62. The van der Waals surface area contributed by atoms with Gasteiger partial charge in [-0.15, -0.1) is 11.3 Å². The van der Waals surface area contributed by atoms with E-state index in [1.165, 1.54) is 10.4 Å². The van der Waals surface area contributed by atoms with E-state index in [1.807, 2.05) is 17.2 Å². The van der Waals surface area contributed by atoms with Crippen LogP contribution in [-0.4, -0.2) is 35.4 Å². The Morgan fingerprint density at radius 2 is 2.25 bits per heavy atom. The number of fused-ring (bicyclic) bond motifs is 1. The lowest BCUT2D eigenvalue weighted by molar-refractivity contribution is -0.130. The average Bonchev–Trinajstić information content (AvgIpc) is 2.94. The number of pyridine rings is 1. The molecular formula is C15H19N3OS. The topological polar surface area (TPSA) is 45.2 Å². The van der Waals surface area contributed by atoms with Crippen molar-refractivity contribution in [3.05, 3.63) is 23.7 Å². The van der Waals surface area contributed by atoms with Gasteiger partial charge in [-0.25, -0.2) is 0 Å². The van der Waals surface area contributed by atoms with Gasteiger partial charge in [-0.3, -0.25) is 9.78 Å². The Labute approximate surface area is 122 Å². The monoisotopic (exact) mass is 289 g/mol. The maximum Gasteiger partial charge on any atom is 0.219 e. The van der Waals surface area contributed by atoms with Crippen molar-refractivity contribution >= 4 is 33.1 Å². The van der Waals surface area contributed by atoms with Crippen molar-refractivity contribution in [3.63, 3.8) is 0 Å². The molecule has 2 aromatic rings. The van der Waals surface area contributed by atoms with Crippen molar-refractivity contribution in [1.29, 1.82) is 0 Å². The van der Waals surface area contributed by atoms with E-state index in [-0.39, 0.29) is 5.91 Å². The van der Waals surface area contributed by atoms with Crippen LogP contribution in [0.5, 0.6) is 0 Å². The first-order valence-corrected chi connectivity index (χ1v) is 7.93. The number of anilines is 1. The highest BCUT2D eigenvalue weighted by Gasteiger charge is 2.20. The third-order valence-electron chi connectivity index (χ3n) is 3.98. The van der Waals surface area contributed by atoms with Crippen LogP contribution in [0.4, 0.5) is 5.69 Å². The van der Waals surface area contributed by atoms with E-state index in [2.05, 4.69) is 21.7 Å². The van der Waals surface area contributed by atoms with Crippen LogP contribution in [0, 0.1) is 5.92 Å². The van der Waals surface area contributed by atoms with Gasteiger partial charge < -0.3 is 10.2 Å². The van der Waals surface area contributed by atoms with E-state index in [4.69, 9.17) is 0 Å². The van der Waals surface area contributed by atoms with Crippen molar-refractivity contribution < 1.29 is 4.79 Å². The Kier molecular flexibility index (Phi) is 3.87. The number of hydrogen-bond donors (Lipinski definition) is 1. The molecule has 4 nitrogen and oxygen atoms in total. The molecule has 0 saturated carbocycles. The van der Waals surface area contributed by atoms with Gasteiger partial charge in [-0.2, -0.15) is 0 Å². The second kappa shape index (κ2) is 5.79. The van der Waals surface area contributed by atoms with Crippen molar-refractivity contribution in [2.75, 3.05) is 25.0 Å². The molecule has 1 aliphatic heterocycles. The molecule has 1 fully saturated rings. The fraction of sp³-hybridized carbons (Fsp3) is 0.467. The highest BCUT2D eigenvalue weighted by atomic mass is 32.1. The molecule has 1 saturated heterocycles. The zero-order chi connectivity index (χ0) is 13.9. The number of aromatic nitrogens is 1. The molecule has 3 heterocycles. The predicted molar refractivity (Wildman–Crippen MR) is 83.1 cm³/mol. The summed E-state index contributed by atoms with van der Waals surface area (Å²) in [5, 5.41) is 5.63. The molecule has 0 atom stereocenters. The first kappa shape index (κ1) is 13.4. The fourth-order valence-corrected chi connectivity index (χ4v) is 3.56. The molecule has 106 valence electrons. The third kappa shape index (κ3) is 2.77. The van der Waals surface area contributed by atoms with Gasteiger partial charge >= 0.3 is 0 Å². The van der Waals surface area contributed by atoms with E-state index in [1.54, 1.807) is 18.3 Å². The van der Waals surface area contributed by atoms with E-state index in [0.717, 1.165) is 38.0 Å². The number of likely N-dealkylation sites (tertiary alicyclic amines) is 1. The lowest BCUT2D eigenvalue weighted by atomic mass is 9.96. The number of thiophene rings is 1. The normalized spacial score (nSPS) is 16.6. The van der Waals surface area contributed by atoms with Gasteiger partial charge in [0.15, 0.2) is 0 Å². The number of rotatable bonds is 3. The molecule has 0 aliphatic carbocycles. The number of amides is 1. The van der Waals surface area contributed by atoms with Gasteiger partial charge in [0.2, 0.25) is 5.91 Å². The molecule has 1 N–H and O–H groups in total. The number of piperidine rings is 1. The summed E-state index contributed by atoms with van der Waals surface area (Å²) in [7, 11) is 0. The largest absolute Gasteiger partial charge is 0.384 e. The molecule has 0 unspecified atom stereocenters. The van der Waals surface area contributed by atoms with Crippen LogP contribution >= 0.6 is 11.3 Å². The van der Waals surface area contributed by atoms with Gasteiger partial charge in [0.05, 0.1) is 15.9 Å². The Morgan fingerprint density at radius 3 is 3.00 bits per heavy atom. The molecule has 3 rings (SSSR count). The maximum atomic E-state index is 11.3. The molecule has 0 bridgehead atoms. The predicted octanol–water partition coefficient (Wildman–Crippen LogP) is 2.97. The van der Waals surface area contributed by atoms with E-state index in [9.17, 15) is 4.79 Å². The van der Waals surface area contributed by atoms with E-state index < -0.39 is 0 Å². The number of nitrogens with zero attached hydrogens (tertiary/aromatic N) is 2. The molecule has 1 aliphatic rings. The van der Waals surface area contributed by atoms with Gasteiger partial charge in [0.1, 0.15) is 0 Å². The highest BCUT2D eigenvalue weighted by Crippen LogP contribution is 2.27. The van der Waals surface area contributed by atoms with Crippen LogP contribution < -0.4 is 5.32 Å². The van der Waals surface area contributed by atoms with Gasteiger partial charge in [-0.05, 0) is 36.3 Å². The molecular weight excluding hydrogens is 270 g/mol. The molecule has 0 radical (unpaired) electrons. The van der Waals surface area contributed by atoms with Crippen LogP contribution in [0.15, 0.2) is 23.7 Å². The second-order valence-corrected chi connectivity index (χ2v) is 6.24. The number of carbonyl (C=O) groups excluding carboxylic acids is 1. The molecule has 1 amide bonds. The SMILES string of the molecule is CC(=O)N1CCC(CNc2ccnc3ccsc23)CC1. The summed E-state index contributed by atoms with van der Waals surface area (Å²) in [6.45, 7) is 4.42. The van der Waals surface area contributed by atoms with Crippen LogP contribution in [0.1, 0.15) is 19.8 Å². The zero-order valence-electron chi connectivity index (χ0n) is 11.6. The molecule has 0 aromatic carbocycles. The van der Waals surface area contributed by atoms with Gasteiger partial charge in [0.25, 0.3) is 0 Å². The second-order valence-electron chi connectivity index (χ2n) is 5.32. The maximum absolute atomic E-state index is 11.3. The summed E-state index contributed by atoms with van der Waals surface area (Å²) >= 11 is 1.73. The van der Waals surface area contributed by atoms with Crippen LogP contribution in [0.25, 0.3) is 10.2 Å². The van der Waals surface area contributed by atoms with Crippen LogP contribution in [0.2, 0.25) is 0 Å². The lowest BCUT2D eigenvalue weighted by Gasteiger charge is -2.31. The van der Waals surface area contributed by atoms with Crippen molar-refractivity contribution in [1.82, 2.24) is 9.88 Å². The van der Waals surface area contributed by atoms with Gasteiger partial charge in [0, 0.05) is 32.8 Å². The summed E-state index contributed by atoms with van der Waals surface area (Å²) in [5.41, 5.74) is 2.24. The number of hydrogen-bond acceptors (Lipinski definition) is 4.